The van der Waals surface area contributed by atoms with Crippen LogP contribution in [-0.4, -0.2) is 60.6 Å². The molecule has 0 N–H and O–H groups in total. The van der Waals surface area contributed by atoms with E-state index in [0.29, 0.717) is 23.7 Å². The Morgan fingerprint density at radius 2 is 2.00 bits per heavy atom. The van der Waals surface area contributed by atoms with E-state index in [-0.39, 0.29) is 5.60 Å². The fourth-order valence-corrected chi connectivity index (χ4v) is 3.86. The van der Waals surface area contributed by atoms with Gasteiger partial charge in [-0.1, -0.05) is 20.8 Å². The lowest BCUT2D eigenvalue weighted by Crippen LogP contribution is -2.66. The number of carbonyl (C=O) groups excluding carboxylic acids is 1. The highest BCUT2D eigenvalue weighted by molar-refractivity contribution is 5.82. The van der Waals surface area contributed by atoms with Crippen LogP contribution in [0.5, 0.6) is 0 Å². The predicted molar refractivity (Wildman–Crippen MR) is 83.0 cm³/mol. The van der Waals surface area contributed by atoms with Crippen LogP contribution in [0.3, 0.4) is 0 Å². The summed E-state index contributed by atoms with van der Waals surface area (Å²) >= 11 is 0. The molecule has 120 valence electrons. The smallest absolute Gasteiger partial charge is 0.226 e. The lowest BCUT2D eigenvalue weighted by atomic mass is 9.82. The third-order valence-electron chi connectivity index (χ3n) is 5.74. The third kappa shape index (κ3) is 3.11. The van der Waals surface area contributed by atoms with E-state index in [9.17, 15) is 4.79 Å². The van der Waals surface area contributed by atoms with E-state index in [1.807, 2.05) is 4.90 Å². The van der Waals surface area contributed by atoms with E-state index in [4.69, 9.17) is 4.74 Å². The fraction of sp³-hybridized carbons (Fsp3) is 0.941. The summed E-state index contributed by atoms with van der Waals surface area (Å²) in [5, 5.41) is 0. The first-order chi connectivity index (χ1) is 10.1. The minimum Gasteiger partial charge on any atom is -0.371 e. The Hall–Kier alpha value is -0.610. The van der Waals surface area contributed by atoms with Crippen LogP contribution in [0.25, 0.3) is 0 Å². The van der Waals surface area contributed by atoms with Crippen LogP contribution in [0.4, 0.5) is 0 Å². The van der Waals surface area contributed by atoms with E-state index < -0.39 is 0 Å². The molecule has 0 aromatic heterocycles. The number of ether oxygens (including phenoxy) is 1. The maximum Gasteiger partial charge on any atom is 0.226 e. The topological polar surface area (TPSA) is 32.8 Å². The molecule has 1 aliphatic carbocycles. The van der Waals surface area contributed by atoms with Gasteiger partial charge in [-0.3, -0.25) is 4.79 Å². The summed E-state index contributed by atoms with van der Waals surface area (Å²) in [5.41, 5.74) is 0.00749. The average Bonchev–Trinajstić information content (AvgIpc) is 3.19. The second-order valence-electron chi connectivity index (χ2n) is 7.40. The molecule has 1 spiro atoms. The Kier molecular flexibility index (Phi) is 4.28. The van der Waals surface area contributed by atoms with E-state index in [1.165, 1.54) is 6.42 Å². The summed E-state index contributed by atoms with van der Waals surface area (Å²) < 4.78 is 6.19. The molecule has 2 heterocycles. The van der Waals surface area contributed by atoms with Gasteiger partial charge in [-0.15, -0.1) is 0 Å². The zero-order chi connectivity index (χ0) is 15.0. The van der Waals surface area contributed by atoms with Crippen LogP contribution in [-0.2, 0) is 9.53 Å². The van der Waals surface area contributed by atoms with E-state index in [2.05, 4.69) is 25.7 Å². The maximum absolute atomic E-state index is 12.2. The minimum absolute atomic E-state index is 0.00749. The zero-order valence-electron chi connectivity index (χ0n) is 13.8. The van der Waals surface area contributed by atoms with Gasteiger partial charge >= 0.3 is 0 Å². The number of carbonyl (C=O) groups is 1. The zero-order valence-corrected chi connectivity index (χ0v) is 13.8. The summed E-state index contributed by atoms with van der Waals surface area (Å²) in [6, 6.07) is 0. The maximum atomic E-state index is 12.2. The first kappa shape index (κ1) is 15.3. The summed E-state index contributed by atoms with van der Waals surface area (Å²) in [5.74, 6) is 1.98. The second-order valence-corrected chi connectivity index (χ2v) is 7.40. The quantitative estimate of drug-likeness (QED) is 0.777. The van der Waals surface area contributed by atoms with E-state index in [0.717, 1.165) is 52.2 Å². The fourth-order valence-electron chi connectivity index (χ4n) is 3.86. The molecule has 2 saturated heterocycles. The Labute approximate surface area is 128 Å². The summed E-state index contributed by atoms with van der Waals surface area (Å²) in [6.07, 6.45) is 3.47. The molecule has 0 radical (unpaired) electrons. The van der Waals surface area contributed by atoms with Crippen molar-refractivity contribution < 1.29 is 9.53 Å². The molecule has 1 saturated carbocycles. The Morgan fingerprint density at radius 3 is 2.48 bits per heavy atom. The van der Waals surface area contributed by atoms with Crippen molar-refractivity contribution in [2.75, 3.05) is 39.3 Å². The van der Waals surface area contributed by atoms with Crippen LogP contribution in [0.1, 0.15) is 40.0 Å². The SMILES string of the molecule is CCN(CC)CC1CCC2(CN(C(=O)C3CC3C)C2)OC1. The van der Waals surface area contributed by atoms with Crippen molar-refractivity contribution in [2.45, 2.75) is 45.6 Å². The van der Waals surface area contributed by atoms with Crippen molar-refractivity contribution in [3.8, 4) is 0 Å². The monoisotopic (exact) mass is 294 g/mol. The normalized spacial score (nSPS) is 34.1. The number of hydrogen-bond donors (Lipinski definition) is 0. The number of nitrogens with zero attached hydrogens (tertiary/aromatic N) is 2. The average molecular weight is 294 g/mol. The highest BCUT2D eigenvalue weighted by atomic mass is 16.5. The van der Waals surface area contributed by atoms with Gasteiger partial charge in [-0.25, -0.2) is 0 Å². The molecule has 4 nitrogen and oxygen atoms in total. The molecule has 3 unspecified atom stereocenters. The van der Waals surface area contributed by atoms with Gasteiger partial charge in [0.25, 0.3) is 0 Å². The molecule has 4 heteroatoms. The number of likely N-dealkylation sites (tertiary alicyclic amines) is 1. The van der Waals surface area contributed by atoms with Gasteiger partial charge in [-0.05, 0) is 44.2 Å². The number of rotatable bonds is 5. The lowest BCUT2D eigenvalue weighted by Gasteiger charge is -2.53. The molecule has 3 rings (SSSR count). The second kappa shape index (κ2) is 5.88. The van der Waals surface area contributed by atoms with E-state index in [1.54, 1.807) is 0 Å². The van der Waals surface area contributed by atoms with Gasteiger partial charge in [0.15, 0.2) is 0 Å². The molecule has 2 aliphatic heterocycles. The van der Waals surface area contributed by atoms with Crippen LogP contribution >= 0.6 is 0 Å². The first-order valence-corrected chi connectivity index (χ1v) is 8.72. The van der Waals surface area contributed by atoms with Gasteiger partial charge in [0.2, 0.25) is 5.91 Å². The summed E-state index contributed by atoms with van der Waals surface area (Å²) in [4.78, 5) is 16.7. The van der Waals surface area contributed by atoms with Gasteiger partial charge in [-0.2, -0.15) is 0 Å². The third-order valence-corrected chi connectivity index (χ3v) is 5.74. The number of amides is 1. The highest BCUT2D eigenvalue weighted by Crippen LogP contribution is 2.43. The van der Waals surface area contributed by atoms with Crippen molar-refractivity contribution in [1.29, 1.82) is 0 Å². The lowest BCUT2D eigenvalue weighted by molar-refractivity contribution is -0.190. The molecular formula is C17H30N2O2. The van der Waals surface area contributed by atoms with Gasteiger partial charge < -0.3 is 14.5 Å². The summed E-state index contributed by atoms with van der Waals surface area (Å²) in [7, 11) is 0. The molecule has 3 fully saturated rings. The van der Waals surface area contributed by atoms with Crippen molar-refractivity contribution in [2.24, 2.45) is 17.8 Å². The Balaban J connectivity index is 1.41. The summed E-state index contributed by atoms with van der Waals surface area (Å²) in [6.45, 7) is 12.6. The Morgan fingerprint density at radius 1 is 1.33 bits per heavy atom. The molecule has 21 heavy (non-hydrogen) atoms. The van der Waals surface area contributed by atoms with Gasteiger partial charge in [0.05, 0.1) is 19.7 Å². The van der Waals surface area contributed by atoms with Crippen molar-refractivity contribution in [3.05, 3.63) is 0 Å². The van der Waals surface area contributed by atoms with Gasteiger partial charge in [0, 0.05) is 12.5 Å². The molecule has 1 amide bonds. The van der Waals surface area contributed by atoms with Crippen molar-refractivity contribution in [1.82, 2.24) is 9.80 Å². The predicted octanol–water partition coefficient (Wildman–Crippen LogP) is 1.99. The standard InChI is InChI=1S/C17H30N2O2/c1-4-18(5-2)9-14-6-7-17(21-10-14)11-19(12-17)16(20)15-8-13(15)3/h13-15H,4-12H2,1-3H3. The van der Waals surface area contributed by atoms with Crippen LogP contribution in [0.2, 0.25) is 0 Å². The molecule has 3 aliphatic rings. The molecular weight excluding hydrogens is 264 g/mol. The molecule has 3 atom stereocenters. The first-order valence-electron chi connectivity index (χ1n) is 8.72. The Bertz CT molecular complexity index is 378. The highest BCUT2D eigenvalue weighted by Gasteiger charge is 2.52. The van der Waals surface area contributed by atoms with Crippen LogP contribution < -0.4 is 0 Å². The van der Waals surface area contributed by atoms with Crippen LogP contribution in [0, 0.1) is 17.8 Å². The van der Waals surface area contributed by atoms with E-state index >= 15 is 0 Å². The van der Waals surface area contributed by atoms with Crippen molar-refractivity contribution in [3.63, 3.8) is 0 Å². The molecule has 0 bridgehead atoms. The minimum atomic E-state index is 0.00749. The van der Waals surface area contributed by atoms with Gasteiger partial charge in [0.1, 0.15) is 5.60 Å². The number of hydrogen-bond acceptors (Lipinski definition) is 3. The largest absolute Gasteiger partial charge is 0.371 e. The van der Waals surface area contributed by atoms with Crippen molar-refractivity contribution >= 4 is 5.91 Å². The molecule has 0 aromatic carbocycles. The van der Waals surface area contributed by atoms with Crippen LogP contribution in [0.15, 0.2) is 0 Å². The molecule has 0 aromatic rings.